The van der Waals surface area contributed by atoms with Gasteiger partial charge in [-0.3, -0.25) is 9.59 Å². The minimum Gasteiger partial charge on any atom is -0.388 e. The molecule has 134 valence electrons. The van der Waals surface area contributed by atoms with Crippen LogP contribution in [-0.4, -0.2) is 22.8 Å². The number of fused-ring (bicyclic) bond motifs is 4. The van der Waals surface area contributed by atoms with Crippen molar-refractivity contribution in [2.24, 2.45) is 16.7 Å². The first-order valence-corrected chi connectivity index (χ1v) is 9.74. The van der Waals surface area contributed by atoms with Gasteiger partial charge in [-0.25, -0.2) is 0 Å². The van der Waals surface area contributed by atoms with Gasteiger partial charge in [-0.05, 0) is 54.4 Å². The number of carbonyl (C=O) groups excluding carboxylic acids is 2. The summed E-state index contributed by atoms with van der Waals surface area (Å²) >= 11 is 0. The first-order chi connectivity index (χ1) is 11.8. The zero-order valence-corrected chi connectivity index (χ0v) is 15.5. The van der Waals surface area contributed by atoms with Crippen molar-refractivity contribution < 1.29 is 14.7 Å². The highest BCUT2D eigenvalue weighted by molar-refractivity contribution is 5.93. The Labute approximate surface area is 149 Å². The van der Waals surface area contributed by atoms with Crippen LogP contribution in [-0.2, 0) is 9.59 Å². The van der Waals surface area contributed by atoms with Crippen LogP contribution in [0.4, 0.5) is 0 Å². The maximum absolute atomic E-state index is 13.0. The summed E-state index contributed by atoms with van der Waals surface area (Å²) in [4.78, 5) is 24.9. The molecule has 0 spiro atoms. The third-order valence-electron chi connectivity index (χ3n) is 7.52. The van der Waals surface area contributed by atoms with E-state index in [0.717, 1.165) is 31.3 Å². The summed E-state index contributed by atoms with van der Waals surface area (Å²) in [5.41, 5.74) is 4.19. The van der Waals surface area contributed by atoms with E-state index in [2.05, 4.69) is 19.9 Å². The van der Waals surface area contributed by atoms with Gasteiger partial charge in [-0.2, -0.15) is 0 Å². The second kappa shape index (κ2) is 5.51. The fraction of sp³-hybridized carbons (Fsp3) is 0.636. The second-order valence-corrected chi connectivity index (χ2v) is 8.58. The summed E-state index contributed by atoms with van der Waals surface area (Å²) in [5, 5.41) is 10.8. The molecule has 0 saturated heterocycles. The number of hydrogen-bond donors (Lipinski definition) is 1. The predicted molar refractivity (Wildman–Crippen MR) is 96.9 cm³/mol. The van der Waals surface area contributed by atoms with E-state index in [1.165, 1.54) is 16.7 Å². The smallest absolute Gasteiger partial charge is 0.155 e. The molecule has 0 heterocycles. The predicted octanol–water partition coefficient (Wildman–Crippen LogP) is 4.07. The Kier molecular flexibility index (Phi) is 3.74. The highest BCUT2D eigenvalue weighted by Crippen LogP contribution is 2.62. The number of rotatable bonds is 2. The maximum Gasteiger partial charge on any atom is 0.155 e. The number of Topliss-reactive ketones (excluding diaryl/α,β-unsaturated/α-hetero) is 1. The average molecular weight is 340 g/mol. The van der Waals surface area contributed by atoms with E-state index in [1.807, 2.05) is 6.92 Å². The number of hydrogen-bond acceptors (Lipinski definition) is 3. The first kappa shape index (κ1) is 17.0. The molecule has 4 aliphatic carbocycles. The minimum absolute atomic E-state index is 0.135. The molecule has 0 bridgehead atoms. The minimum atomic E-state index is -0.600. The van der Waals surface area contributed by atoms with Crippen molar-refractivity contribution >= 4 is 11.6 Å². The van der Waals surface area contributed by atoms with E-state index in [1.54, 1.807) is 6.08 Å². The van der Waals surface area contributed by atoms with Gasteiger partial charge in [0.25, 0.3) is 0 Å². The van der Waals surface area contributed by atoms with Gasteiger partial charge in [0, 0.05) is 24.7 Å². The largest absolute Gasteiger partial charge is 0.388 e. The molecule has 3 nitrogen and oxygen atoms in total. The summed E-state index contributed by atoms with van der Waals surface area (Å²) in [6.07, 6.45) is 8.58. The Morgan fingerprint density at radius 1 is 1.32 bits per heavy atom. The van der Waals surface area contributed by atoms with E-state index in [9.17, 15) is 14.7 Å². The SMILES string of the molecule is CCC(=O)C12CCC3=C(C[C@@H](O)C4=CC(=O)CCC43C)C1=CCC2C. The van der Waals surface area contributed by atoms with Crippen LogP contribution in [0.25, 0.3) is 0 Å². The van der Waals surface area contributed by atoms with Crippen molar-refractivity contribution in [2.45, 2.75) is 71.8 Å². The molecular formula is C22H28O3. The van der Waals surface area contributed by atoms with E-state index >= 15 is 0 Å². The molecule has 0 aromatic carbocycles. The van der Waals surface area contributed by atoms with Crippen molar-refractivity contribution in [3.63, 3.8) is 0 Å². The summed E-state index contributed by atoms with van der Waals surface area (Å²) in [6.45, 7) is 6.36. The molecule has 0 radical (unpaired) electrons. The molecule has 0 fully saturated rings. The van der Waals surface area contributed by atoms with Crippen LogP contribution in [0.1, 0.15) is 65.7 Å². The quantitative estimate of drug-likeness (QED) is 0.824. The van der Waals surface area contributed by atoms with Crippen LogP contribution in [0.5, 0.6) is 0 Å². The summed E-state index contributed by atoms with van der Waals surface area (Å²) in [5.74, 6) is 0.838. The number of carbonyl (C=O) groups is 2. The third-order valence-corrected chi connectivity index (χ3v) is 7.52. The van der Waals surface area contributed by atoms with Gasteiger partial charge >= 0.3 is 0 Å². The van der Waals surface area contributed by atoms with E-state index in [0.29, 0.717) is 31.0 Å². The number of ketones is 2. The van der Waals surface area contributed by atoms with Crippen molar-refractivity contribution in [3.8, 4) is 0 Å². The van der Waals surface area contributed by atoms with Gasteiger partial charge in [0.05, 0.1) is 11.5 Å². The fourth-order valence-corrected chi connectivity index (χ4v) is 6.09. The van der Waals surface area contributed by atoms with Crippen LogP contribution in [0.15, 0.2) is 34.4 Å². The molecule has 25 heavy (non-hydrogen) atoms. The fourth-order valence-electron chi connectivity index (χ4n) is 6.09. The molecule has 4 aliphatic rings. The van der Waals surface area contributed by atoms with Gasteiger partial charge in [-0.1, -0.05) is 32.4 Å². The van der Waals surface area contributed by atoms with Crippen LogP contribution >= 0.6 is 0 Å². The molecule has 0 saturated carbocycles. The van der Waals surface area contributed by atoms with Crippen LogP contribution in [0, 0.1) is 16.7 Å². The van der Waals surface area contributed by atoms with Crippen molar-refractivity contribution in [1.29, 1.82) is 0 Å². The second-order valence-electron chi connectivity index (χ2n) is 8.58. The van der Waals surface area contributed by atoms with E-state index < -0.39 is 6.10 Å². The molecule has 0 aromatic heterocycles. The van der Waals surface area contributed by atoms with E-state index in [4.69, 9.17) is 0 Å². The standard InChI is InChI=1S/C22H28O3/c1-4-20(25)22-10-8-16-15(17(22)6-5-13(22)2)12-19(24)18-11-14(23)7-9-21(16,18)3/h6,11,13,19,24H,4-5,7-10,12H2,1-3H3/t13?,19-,21?,22?/m1/s1. The zero-order valence-electron chi connectivity index (χ0n) is 15.5. The van der Waals surface area contributed by atoms with Crippen molar-refractivity contribution in [2.75, 3.05) is 0 Å². The van der Waals surface area contributed by atoms with Gasteiger partial charge in [-0.15, -0.1) is 0 Å². The molecule has 0 aliphatic heterocycles. The lowest BCUT2D eigenvalue weighted by atomic mass is 9.53. The molecule has 3 heteroatoms. The third kappa shape index (κ3) is 2.08. The molecule has 0 aromatic rings. The molecule has 1 N–H and O–H groups in total. The zero-order chi connectivity index (χ0) is 18.0. The molecular weight excluding hydrogens is 312 g/mol. The number of aliphatic hydroxyl groups is 1. The molecule has 4 atom stereocenters. The number of aliphatic hydroxyl groups excluding tert-OH is 1. The molecule has 0 amide bonds. The van der Waals surface area contributed by atoms with Gasteiger partial charge in [0.15, 0.2) is 5.78 Å². The van der Waals surface area contributed by atoms with Crippen LogP contribution in [0.2, 0.25) is 0 Å². The average Bonchev–Trinajstić information content (AvgIpc) is 2.94. The lowest BCUT2D eigenvalue weighted by Gasteiger charge is -2.51. The Morgan fingerprint density at radius 2 is 2.08 bits per heavy atom. The first-order valence-electron chi connectivity index (χ1n) is 9.74. The van der Waals surface area contributed by atoms with Crippen LogP contribution < -0.4 is 0 Å². The van der Waals surface area contributed by atoms with Gasteiger partial charge in [0.1, 0.15) is 5.78 Å². The Balaban J connectivity index is 1.88. The molecule has 4 rings (SSSR count). The lowest BCUT2D eigenvalue weighted by Crippen LogP contribution is -2.45. The van der Waals surface area contributed by atoms with Crippen LogP contribution in [0.3, 0.4) is 0 Å². The molecule has 3 unspecified atom stereocenters. The van der Waals surface area contributed by atoms with Crippen molar-refractivity contribution in [1.82, 2.24) is 0 Å². The van der Waals surface area contributed by atoms with Gasteiger partial charge < -0.3 is 5.11 Å². The Morgan fingerprint density at radius 3 is 2.80 bits per heavy atom. The Bertz CT molecular complexity index is 753. The Hall–Kier alpha value is -1.48. The van der Waals surface area contributed by atoms with Gasteiger partial charge in [0.2, 0.25) is 0 Å². The van der Waals surface area contributed by atoms with E-state index in [-0.39, 0.29) is 16.6 Å². The summed E-state index contributed by atoms with van der Waals surface area (Å²) in [6, 6.07) is 0. The highest BCUT2D eigenvalue weighted by Gasteiger charge is 2.55. The normalized spacial score (nSPS) is 40.1. The highest BCUT2D eigenvalue weighted by atomic mass is 16.3. The maximum atomic E-state index is 13.0. The summed E-state index contributed by atoms with van der Waals surface area (Å²) in [7, 11) is 0. The van der Waals surface area contributed by atoms with Crippen molar-refractivity contribution in [3.05, 3.63) is 34.4 Å². The lowest BCUT2D eigenvalue weighted by molar-refractivity contribution is -0.129. The monoisotopic (exact) mass is 340 g/mol. The summed E-state index contributed by atoms with van der Waals surface area (Å²) < 4.78 is 0. The topological polar surface area (TPSA) is 54.4 Å². The number of allylic oxidation sites excluding steroid dienone is 4.